The maximum atomic E-state index is 13.6. The number of hydrogen-bond donors (Lipinski definition) is 0. The molecular weight excluding hydrogens is 417 g/mol. The van der Waals surface area contributed by atoms with Crippen molar-refractivity contribution in [2.75, 3.05) is 0 Å². The van der Waals surface area contributed by atoms with Crippen molar-refractivity contribution in [1.82, 2.24) is 24.3 Å². The SMILES string of the molecule is Cc1cn(-c2ccc(Cc3cc(Cl)nn([C@@H](C)c4cncc(F)c4)c3=O)cc2C)cn1. The zero-order valence-electron chi connectivity index (χ0n) is 17.4. The summed E-state index contributed by atoms with van der Waals surface area (Å²) >= 11 is 6.22. The Bertz CT molecular complexity index is 1310. The van der Waals surface area contributed by atoms with E-state index in [-0.39, 0.29) is 10.7 Å². The first-order valence-electron chi connectivity index (χ1n) is 9.81. The quantitative estimate of drug-likeness (QED) is 0.463. The molecule has 6 nitrogen and oxygen atoms in total. The lowest BCUT2D eigenvalue weighted by Crippen LogP contribution is -2.29. The molecule has 3 aromatic heterocycles. The third kappa shape index (κ3) is 4.41. The fourth-order valence-corrected chi connectivity index (χ4v) is 3.82. The Labute approximate surface area is 184 Å². The van der Waals surface area contributed by atoms with Crippen LogP contribution < -0.4 is 5.56 Å². The number of aryl methyl sites for hydroxylation is 2. The molecule has 0 N–H and O–H groups in total. The summed E-state index contributed by atoms with van der Waals surface area (Å²) in [6.07, 6.45) is 6.78. The first-order valence-corrected chi connectivity index (χ1v) is 10.2. The number of halogens is 2. The van der Waals surface area contributed by atoms with E-state index in [1.54, 1.807) is 19.3 Å². The van der Waals surface area contributed by atoms with Gasteiger partial charge in [-0.25, -0.2) is 14.1 Å². The Morgan fingerprint density at radius 2 is 1.97 bits per heavy atom. The molecule has 4 aromatic rings. The van der Waals surface area contributed by atoms with Gasteiger partial charge in [-0.2, -0.15) is 5.10 Å². The van der Waals surface area contributed by atoms with Gasteiger partial charge in [0.2, 0.25) is 0 Å². The molecule has 31 heavy (non-hydrogen) atoms. The lowest BCUT2D eigenvalue weighted by atomic mass is 10.0. The van der Waals surface area contributed by atoms with Crippen molar-refractivity contribution >= 4 is 11.6 Å². The number of hydrogen-bond acceptors (Lipinski definition) is 4. The zero-order chi connectivity index (χ0) is 22.1. The Balaban J connectivity index is 1.66. The molecule has 8 heteroatoms. The minimum atomic E-state index is -0.512. The molecule has 0 saturated heterocycles. The summed E-state index contributed by atoms with van der Waals surface area (Å²) in [5, 5.41) is 4.37. The molecule has 0 fully saturated rings. The van der Waals surface area contributed by atoms with E-state index >= 15 is 0 Å². The Hall–Kier alpha value is -3.32. The average Bonchev–Trinajstić information content (AvgIpc) is 3.16. The molecule has 0 spiro atoms. The molecule has 0 aliphatic heterocycles. The molecule has 0 bridgehead atoms. The first-order chi connectivity index (χ1) is 14.8. The maximum Gasteiger partial charge on any atom is 0.270 e. The van der Waals surface area contributed by atoms with Gasteiger partial charge in [0.25, 0.3) is 5.56 Å². The number of pyridine rings is 1. The summed E-state index contributed by atoms with van der Waals surface area (Å²) in [5.74, 6) is -0.469. The summed E-state index contributed by atoms with van der Waals surface area (Å²) in [4.78, 5) is 21.2. The topological polar surface area (TPSA) is 65.6 Å². The standard InChI is InChI=1S/C23H21ClFN5O/c1-14-6-17(4-5-21(14)29-12-15(2)27-13-29)7-18-9-22(24)28-30(23(18)31)16(3)19-8-20(25)11-26-10-19/h4-6,8-13,16H,7H2,1-3H3/t16-/m0/s1. The first kappa shape index (κ1) is 20.9. The minimum Gasteiger partial charge on any atom is -0.306 e. The van der Waals surface area contributed by atoms with E-state index in [9.17, 15) is 9.18 Å². The Morgan fingerprint density at radius 1 is 1.16 bits per heavy atom. The summed E-state index contributed by atoms with van der Waals surface area (Å²) in [6.45, 7) is 5.72. The highest BCUT2D eigenvalue weighted by molar-refractivity contribution is 6.29. The van der Waals surface area contributed by atoms with Crippen LogP contribution in [0.25, 0.3) is 5.69 Å². The highest BCUT2D eigenvalue weighted by Crippen LogP contribution is 2.20. The second-order valence-electron chi connectivity index (χ2n) is 7.57. The zero-order valence-corrected chi connectivity index (χ0v) is 18.1. The monoisotopic (exact) mass is 437 g/mol. The third-order valence-corrected chi connectivity index (χ3v) is 5.39. The molecule has 0 radical (unpaired) electrons. The van der Waals surface area contributed by atoms with Gasteiger partial charge in [-0.05, 0) is 55.7 Å². The lowest BCUT2D eigenvalue weighted by Gasteiger charge is -2.16. The van der Waals surface area contributed by atoms with Crippen molar-refractivity contribution in [3.05, 3.63) is 105 Å². The van der Waals surface area contributed by atoms with Crippen LogP contribution in [0.4, 0.5) is 4.39 Å². The van der Waals surface area contributed by atoms with Crippen molar-refractivity contribution < 1.29 is 4.39 Å². The number of imidazole rings is 1. The molecule has 1 aromatic carbocycles. The van der Waals surface area contributed by atoms with E-state index in [0.29, 0.717) is 17.5 Å². The van der Waals surface area contributed by atoms with E-state index in [2.05, 4.69) is 15.1 Å². The van der Waals surface area contributed by atoms with Gasteiger partial charge in [0.1, 0.15) is 11.0 Å². The van der Waals surface area contributed by atoms with E-state index in [0.717, 1.165) is 28.7 Å². The second-order valence-corrected chi connectivity index (χ2v) is 7.96. The highest BCUT2D eigenvalue weighted by Gasteiger charge is 2.16. The summed E-state index contributed by atoms with van der Waals surface area (Å²) in [6, 6.07) is 8.44. The van der Waals surface area contributed by atoms with Gasteiger partial charge in [-0.1, -0.05) is 23.7 Å². The van der Waals surface area contributed by atoms with E-state index in [1.165, 1.54) is 16.9 Å². The van der Waals surface area contributed by atoms with Crippen LogP contribution in [0.15, 0.2) is 60.0 Å². The van der Waals surface area contributed by atoms with E-state index < -0.39 is 11.9 Å². The summed E-state index contributed by atoms with van der Waals surface area (Å²) in [7, 11) is 0. The predicted molar refractivity (Wildman–Crippen MR) is 117 cm³/mol. The van der Waals surface area contributed by atoms with Crippen LogP contribution in [0.5, 0.6) is 0 Å². The fraction of sp³-hybridized carbons (Fsp3) is 0.217. The average molecular weight is 438 g/mol. The van der Waals surface area contributed by atoms with Gasteiger partial charge in [0.05, 0.1) is 24.3 Å². The van der Waals surface area contributed by atoms with Crippen molar-refractivity contribution in [1.29, 1.82) is 0 Å². The van der Waals surface area contributed by atoms with Gasteiger partial charge in [0, 0.05) is 30.1 Å². The molecule has 158 valence electrons. The van der Waals surface area contributed by atoms with Crippen LogP contribution in [-0.2, 0) is 6.42 Å². The third-order valence-electron chi connectivity index (χ3n) is 5.20. The van der Waals surface area contributed by atoms with Crippen LogP contribution >= 0.6 is 11.6 Å². The summed E-state index contributed by atoms with van der Waals surface area (Å²) in [5.41, 5.74) is 4.80. The predicted octanol–water partition coefficient (Wildman–Crippen LogP) is 4.43. The molecule has 0 amide bonds. The normalized spacial score (nSPS) is 12.2. The molecule has 0 saturated carbocycles. The van der Waals surface area contributed by atoms with Crippen molar-refractivity contribution in [2.45, 2.75) is 33.2 Å². The molecular formula is C23H21ClFN5O. The number of aromatic nitrogens is 5. The number of nitrogens with zero attached hydrogens (tertiary/aromatic N) is 5. The number of rotatable bonds is 5. The molecule has 0 aliphatic carbocycles. The van der Waals surface area contributed by atoms with Crippen LogP contribution in [0.1, 0.15) is 40.9 Å². The van der Waals surface area contributed by atoms with E-state index in [4.69, 9.17) is 11.6 Å². The van der Waals surface area contributed by atoms with E-state index in [1.807, 2.05) is 42.8 Å². The van der Waals surface area contributed by atoms with Crippen LogP contribution in [-0.4, -0.2) is 24.3 Å². The van der Waals surface area contributed by atoms with Crippen molar-refractivity contribution in [3.8, 4) is 5.69 Å². The number of benzene rings is 1. The lowest BCUT2D eigenvalue weighted by molar-refractivity contribution is 0.520. The summed E-state index contributed by atoms with van der Waals surface area (Å²) < 4.78 is 16.8. The van der Waals surface area contributed by atoms with Gasteiger partial charge in [-0.15, -0.1) is 0 Å². The Kier molecular flexibility index (Phi) is 5.69. The van der Waals surface area contributed by atoms with Gasteiger partial charge in [-0.3, -0.25) is 9.78 Å². The maximum absolute atomic E-state index is 13.6. The van der Waals surface area contributed by atoms with Gasteiger partial charge < -0.3 is 4.57 Å². The fourth-order valence-electron chi connectivity index (χ4n) is 3.61. The molecule has 3 heterocycles. The highest BCUT2D eigenvalue weighted by atomic mass is 35.5. The van der Waals surface area contributed by atoms with Gasteiger partial charge >= 0.3 is 0 Å². The van der Waals surface area contributed by atoms with Crippen LogP contribution in [0, 0.1) is 19.7 Å². The minimum absolute atomic E-state index is 0.202. The van der Waals surface area contributed by atoms with Gasteiger partial charge in [0.15, 0.2) is 0 Å². The molecule has 4 rings (SSSR count). The molecule has 0 unspecified atom stereocenters. The smallest absolute Gasteiger partial charge is 0.270 e. The second kappa shape index (κ2) is 8.43. The van der Waals surface area contributed by atoms with Crippen LogP contribution in [0.2, 0.25) is 5.15 Å². The van der Waals surface area contributed by atoms with Crippen molar-refractivity contribution in [3.63, 3.8) is 0 Å². The largest absolute Gasteiger partial charge is 0.306 e. The van der Waals surface area contributed by atoms with Crippen LogP contribution in [0.3, 0.4) is 0 Å². The molecule has 1 atom stereocenters. The Morgan fingerprint density at radius 3 is 2.65 bits per heavy atom. The molecule has 0 aliphatic rings. The van der Waals surface area contributed by atoms with Crippen molar-refractivity contribution in [2.24, 2.45) is 0 Å².